The molecule has 1 aliphatic carbocycles. The molecule has 1 N–H and O–H groups in total. The quantitative estimate of drug-likeness (QED) is 0.829. The Morgan fingerprint density at radius 2 is 2.19 bits per heavy atom. The number of nitrogens with one attached hydrogen (secondary N) is 1. The molecule has 1 fully saturated rings. The van der Waals surface area contributed by atoms with Crippen molar-refractivity contribution < 1.29 is 4.79 Å². The van der Waals surface area contributed by atoms with Crippen LogP contribution in [0.25, 0.3) is 0 Å². The number of halogens is 2. The normalized spacial score (nSPS) is 16.9. The average Bonchev–Trinajstić information content (AvgIpc) is 3.05. The second-order valence-electron chi connectivity index (χ2n) is 4.15. The van der Waals surface area contributed by atoms with Crippen LogP contribution in [0.4, 0.5) is 0 Å². The number of benzene rings is 1. The standard InChI is InChI=1S/C12H13Cl2NO/c1-7-2-3-8(6-10(7)13)11(14)12(16)15-9-4-5-9/h2-3,6,9,11H,4-5H2,1H3,(H,15,16). The van der Waals surface area contributed by atoms with E-state index < -0.39 is 5.38 Å². The lowest BCUT2D eigenvalue weighted by molar-refractivity contribution is -0.121. The van der Waals surface area contributed by atoms with E-state index in [4.69, 9.17) is 23.2 Å². The fourth-order valence-corrected chi connectivity index (χ4v) is 1.81. The molecule has 0 radical (unpaired) electrons. The monoisotopic (exact) mass is 257 g/mol. The van der Waals surface area contributed by atoms with E-state index in [1.54, 1.807) is 6.07 Å². The molecule has 4 heteroatoms. The topological polar surface area (TPSA) is 29.1 Å². The van der Waals surface area contributed by atoms with Crippen LogP contribution in [0.2, 0.25) is 5.02 Å². The average molecular weight is 258 g/mol. The molecule has 1 unspecified atom stereocenters. The van der Waals surface area contributed by atoms with Crippen molar-refractivity contribution >= 4 is 29.1 Å². The first-order valence-electron chi connectivity index (χ1n) is 5.28. The highest BCUT2D eigenvalue weighted by atomic mass is 35.5. The van der Waals surface area contributed by atoms with Crippen LogP contribution in [-0.2, 0) is 4.79 Å². The Labute approximate surface area is 105 Å². The second kappa shape index (κ2) is 4.64. The highest BCUT2D eigenvalue weighted by Crippen LogP contribution is 2.27. The van der Waals surface area contributed by atoms with Gasteiger partial charge in [0.15, 0.2) is 0 Å². The van der Waals surface area contributed by atoms with Crippen LogP contribution in [0.1, 0.15) is 29.3 Å². The minimum atomic E-state index is -0.654. The smallest absolute Gasteiger partial charge is 0.242 e. The maximum Gasteiger partial charge on any atom is 0.242 e. The summed E-state index contributed by atoms with van der Waals surface area (Å²) in [6.07, 6.45) is 2.12. The Hall–Kier alpha value is -0.730. The van der Waals surface area contributed by atoms with E-state index in [1.165, 1.54) is 0 Å². The third kappa shape index (κ3) is 2.69. The molecule has 0 aromatic heterocycles. The Kier molecular flexibility index (Phi) is 3.41. The number of carbonyl (C=O) groups excluding carboxylic acids is 1. The first-order valence-corrected chi connectivity index (χ1v) is 6.10. The van der Waals surface area contributed by atoms with Crippen LogP contribution in [0.15, 0.2) is 18.2 Å². The highest BCUT2D eigenvalue weighted by molar-refractivity contribution is 6.33. The highest BCUT2D eigenvalue weighted by Gasteiger charge is 2.27. The predicted molar refractivity (Wildman–Crippen MR) is 65.9 cm³/mol. The molecular formula is C12H13Cl2NO. The van der Waals surface area contributed by atoms with Gasteiger partial charge in [0.2, 0.25) is 5.91 Å². The number of hydrogen-bond donors (Lipinski definition) is 1. The Morgan fingerprint density at radius 3 is 2.75 bits per heavy atom. The summed E-state index contributed by atoms with van der Waals surface area (Å²) in [6, 6.07) is 5.79. The Bertz CT molecular complexity index is 415. The van der Waals surface area contributed by atoms with Crippen molar-refractivity contribution in [2.45, 2.75) is 31.2 Å². The minimum Gasteiger partial charge on any atom is -0.352 e. The Balaban J connectivity index is 2.09. The van der Waals surface area contributed by atoms with Crippen LogP contribution >= 0.6 is 23.2 Å². The first-order chi connectivity index (χ1) is 7.58. The molecule has 2 rings (SSSR count). The van der Waals surface area contributed by atoms with E-state index in [9.17, 15) is 4.79 Å². The number of alkyl halides is 1. The van der Waals surface area contributed by atoms with Gasteiger partial charge in [-0.05, 0) is 37.0 Å². The van der Waals surface area contributed by atoms with Gasteiger partial charge >= 0.3 is 0 Å². The summed E-state index contributed by atoms with van der Waals surface area (Å²) in [6.45, 7) is 1.92. The van der Waals surface area contributed by atoms with Gasteiger partial charge in [0, 0.05) is 11.1 Å². The van der Waals surface area contributed by atoms with Gasteiger partial charge in [-0.2, -0.15) is 0 Å². The van der Waals surface area contributed by atoms with Crippen molar-refractivity contribution in [1.82, 2.24) is 5.32 Å². The molecule has 0 bridgehead atoms. The van der Waals surface area contributed by atoms with Gasteiger partial charge in [-0.25, -0.2) is 0 Å². The van der Waals surface area contributed by atoms with Crippen molar-refractivity contribution in [2.75, 3.05) is 0 Å². The number of carbonyl (C=O) groups is 1. The molecule has 1 aromatic carbocycles. The van der Waals surface area contributed by atoms with E-state index in [1.807, 2.05) is 19.1 Å². The van der Waals surface area contributed by atoms with E-state index in [2.05, 4.69) is 5.32 Å². The van der Waals surface area contributed by atoms with Crippen molar-refractivity contribution in [3.63, 3.8) is 0 Å². The molecule has 0 saturated heterocycles. The molecule has 1 amide bonds. The summed E-state index contributed by atoms with van der Waals surface area (Å²) in [5.41, 5.74) is 1.73. The summed E-state index contributed by atoms with van der Waals surface area (Å²) < 4.78 is 0. The third-order valence-corrected chi connectivity index (χ3v) is 3.50. The summed E-state index contributed by atoms with van der Waals surface area (Å²) in [7, 11) is 0. The third-order valence-electron chi connectivity index (χ3n) is 2.64. The summed E-state index contributed by atoms with van der Waals surface area (Å²) in [5, 5.41) is 2.86. The van der Waals surface area contributed by atoms with Gasteiger partial charge in [-0.1, -0.05) is 23.7 Å². The zero-order valence-electron chi connectivity index (χ0n) is 8.97. The SMILES string of the molecule is Cc1ccc(C(Cl)C(=O)NC2CC2)cc1Cl. The summed E-state index contributed by atoms with van der Waals surface area (Å²) in [5.74, 6) is -0.135. The van der Waals surface area contributed by atoms with Crippen molar-refractivity contribution in [3.8, 4) is 0 Å². The van der Waals surface area contributed by atoms with Crippen molar-refractivity contribution in [1.29, 1.82) is 0 Å². The van der Waals surface area contributed by atoms with Gasteiger partial charge in [0.25, 0.3) is 0 Å². The molecule has 16 heavy (non-hydrogen) atoms. The lowest BCUT2D eigenvalue weighted by Crippen LogP contribution is -2.28. The number of rotatable bonds is 3. The lowest BCUT2D eigenvalue weighted by atomic mass is 10.1. The van der Waals surface area contributed by atoms with Crippen molar-refractivity contribution in [3.05, 3.63) is 34.3 Å². The number of amides is 1. The van der Waals surface area contributed by atoms with Gasteiger partial charge < -0.3 is 5.32 Å². The van der Waals surface area contributed by atoms with Gasteiger partial charge in [0.1, 0.15) is 5.38 Å². The molecule has 1 saturated carbocycles. The van der Waals surface area contributed by atoms with E-state index in [-0.39, 0.29) is 5.91 Å². The predicted octanol–water partition coefficient (Wildman–Crippen LogP) is 3.21. The number of aryl methyl sites for hydroxylation is 1. The number of hydrogen-bond acceptors (Lipinski definition) is 1. The Morgan fingerprint density at radius 1 is 1.50 bits per heavy atom. The van der Waals surface area contributed by atoms with E-state index >= 15 is 0 Å². The first kappa shape index (κ1) is 11.7. The zero-order chi connectivity index (χ0) is 11.7. The zero-order valence-corrected chi connectivity index (χ0v) is 10.5. The van der Waals surface area contributed by atoms with Crippen LogP contribution in [-0.4, -0.2) is 11.9 Å². The molecule has 86 valence electrons. The molecular weight excluding hydrogens is 245 g/mol. The van der Waals surface area contributed by atoms with Gasteiger partial charge in [-0.3, -0.25) is 4.79 Å². The lowest BCUT2D eigenvalue weighted by Gasteiger charge is -2.11. The molecule has 1 atom stereocenters. The van der Waals surface area contributed by atoms with Gasteiger partial charge in [-0.15, -0.1) is 11.6 Å². The van der Waals surface area contributed by atoms with Crippen LogP contribution < -0.4 is 5.32 Å². The van der Waals surface area contributed by atoms with Gasteiger partial charge in [0.05, 0.1) is 0 Å². The maximum atomic E-state index is 11.7. The molecule has 2 nitrogen and oxygen atoms in total. The fraction of sp³-hybridized carbons (Fsp3) is 0.417. The largest absolute Gasteiger partial charge is 0.352 e. The molecule has 1 aromatic rings. The molecule has 0 spiro atoms. The summed E-state index contributed by atoms with van der Waals surface area (Å²) >= 11 is 12.1. The fourth-order valence-electron chi connectivity index (χ4n) is 1.42. The van der Waals surface area contributed by atoms with Crippen LogP contribution in [0.3, 0.4) is 0 Å². The molecule has 0 heterocycles. The maximum absolute atomic E-state index is 11.7. The molecule has 1 aliphatic rings. The van der Waals surface area contributed by atoms with Crippen molar-refractivity contribution in [2.24, 2.45) is 0 Å². The second-order valence-corrected chi connectivity index (χ2v) is 5.00. The van der Waals surface area contributed by atoms with E-state index in [0.717, 1.165) is 24.0 Å². The summed E-state index contributed by atoms with van der Waals surface area (Å²) in [4.78, 5) is 11.7. The minimum absolute atomic E-state index is 0.135. The van der Waals surface area contributed by atoms with Crippen LogP contribution in [0.5, 0.6) is 0 Å². The van der Waals surface area contributed by atoms with E-state index in [0.29, 0.717) is 11.1 Å². The van der Waals surface area contributed by atoms with Crippen LogP contribution in [0, 0.1) is 6.92 Å². The molecule has 0 aliphatic heterocycles.